The Hall–Kier alpha value is -1.45. The molecule has 0 unspecified atom stereocenters. The van der Waals surface area contributed by atoms with Gasteiger partial charge in [0.2, 0.25) is 0 Å². The topological polar surface area (TPSA) is 37.3 Å². The zero-order valence-corrected chi connectivity index (χ0v) is 8.67. The standard InChI is InChI=1S/C12H12F2O2/c13-12(14,11(15)16)7-9-5-1-3-8-4-2-6-10(8)9/h1,3,5H,2,4,6-7H2,(H,15,16). The molecule has 16 heavy (non-hydrogen) atoms. The van der Waals surface area contributed by atoms with E-state index in [9.17, 15) is 13.6 Å². The molecule has 86 valence electrons. The first-order valence-electron chi connectivity index (χ1n) is 5.21. The zero-order chi connectivity index (χ0) is 11.8. The molecule has 0 heterocycles. The van der Waals surface area contributed by atoms with Crippen molar-refractivity contribution in [3.05, 3.63) is 34.9 Å². The SMILES string of the molecule is O=C(O)C(F)(F)Cc1cccc2c1CCC2. The smallest absolute Gasteiger partial charge is 0.374 e. The molecule has 0 amide bonds. The molecule has 2 nitrogen and oxygen atoms in total. The van der Waals surface area contributed by atoms with Crippen molar-refractivity contribution in [3.8, 4) is 0 Å². The second-order valence-corrected chi connectivity index (χ2v) is 4.09. The van der Waals surface area contributed by atoms with Crippen LogP contribution in [0.1, 0.15) is 23.1 Å². The van der Waals surface area contributed by atoms with Crippen molar-refractivity contribution >= 4 is 5.97 Å². The third-order valence-corrected chi connectivity index (χ3v) is 2.97. The summed E-state index contributed by atoms with van der Waals surface area (Å²) in [4.78, 5) is 10.4. The van der Waals surface area contributed by atoms with Crippen LogP contribution >= 0.6 is 0 Å². The van der Waals surface area contributed by atoms with Crippen molar-refractivity contribution in [2.24, 2.45) is 0 Å². The Balaban J connectivity index is 2.29. The summed E-state index contributed by atoms with van der Waals surface area (Å²) < 4.78 is 26.2. The van der Waals surface area contributed by atoms with E-state index in [0.29, 0.717) is 5.56 Å². The highest BCUT2D eigenvalue weighted by molar-refractivity contribution is 5.75. The van der Waals surface area contributed by atoms with Gasteiger partial charge in [-0.05, 0) is 36.0 Å². The lowest BCUT2D eigenvalue weighted by atomic mass is 9.98. The van der Waals surface area contributed by atoms with Crippen LogP contribution in [0.4, 0.5) is 8.78 Å². The van der Waals surface area contributed by atoms with E-state index in [1.54, 1.807) is 12.1 Å². The van der Waals surface area contributed by atoms with Crippen LogP contribution in [0.3, 0.4) is 0 Å². The lowest BCUT2D eigenvalue weighted by Gasteiger charge is -2.14. The van der Waals surface area contributed by atoms with Gasteiger partial charge in [0.05, 0.1) is 0 Å². The first kappa shape index (κ1) is 11.0. The normalized spacial score (nSPS) is 14.9. The Morgan fingerprint density at radius 1 is 1.38 bits per heavy atom. The highest BCUT2D eigenvalue weighted by Crippen LogP contribution is 2.29. The Kier molecular flexibility index (Phi) is 2.66. The molecule has 0 radical (unpaired) electrons. The maximum Gasteiger partial charge on any atom is 0.374 e. The molecule has 1 aromatic rings. The fraction of sp³-hybridized carbons (Fsp3) is 0.417. The number of aryl methyl sites for hydroxylation is 1. The number of fused-ring (bicyclic) bond motifs is 1. The largest absolute Gasteiger partial charge is 0.477 e. The van der Waals surface area contributed by atoms with E-state index in [2.05, 4.69) is 0 Å². The first-order chi connectivity index (χ1) is 7.50. The lowest BCUT2D eigenvalue weighted by Crippen LogP contribution is -2.31. The third-order valence-electron chi connectivity index (χ3n) is 2.97. The van der Waals surface area contributed by atoms with Crippen LogP contribution in [0.2, 0.25) is 0 Å². The average Bonchev–Trinajstić information content (AvgIpc) is 2.65. The molecule has 1 aliphatic carbocycles. The van der Waals surface area contributed by atoms with Gasteiger partial charge in [-0.25, -0.2) is 4.79 Å². The van der Waals surface area contributed by atoms with Crippen LogP contribution in [0.5, 0.6) is 0 Å². The van der Waals surface area contributed by atoms with Crippen molar-refractivity contribution in [2.45, 2.75) is 31.6 Å². The molecule has 1 aromatic carbocycles. The highest BCUT2D eigenvalue weighted by Gasteiger charge is 2.39. The van der Waals surface area contributed by atoms with Crippen molar-refractivity contribution in [2.75, 3.05) is 0 Å². The summed E-state index contributed by atoms with van der Waals surface area (Å²) in [6.45, 7) is 0. The molecule has 0 saturated carbocycles. The van der Waals surface area contributed by atoms with E-state index in [-0.39, 0.29) is 0 Å². The van der Waals surface area contributed by atoms with Crippen molar-refractivity contribution < 1.29 is 18.7 Å². The monoisotopic (exact) mass is 226 g/mol. The average molecular weight is 226 g/mol. The van der Waals surface area contributed by atoms with Gasteiger partial charge in [-0.3, -0.25) is 0 Å². The Bertz CT molecular complexity index is 427. The molecule has 0 fully saturated rings. The Labute approximate surface area is 91.9 Å². The fourth-order valence-electron chi connectivity index (χ4n) is 2.18. The van der Waals surface area contributed by atoms with Crippen LogP contribution in [0.15, 0.2) is 18.2 Å². The molecule has 2 rings (SSSR count). The summed E-state index contributed by atoms with van der Waals surface area (Å²) in [5.41, 5.74) is 2.48. The van der Waals surface area contributed by atoms with Gasteiger partial charge >= 0.3 is 11.9 Å². The quantitative estimate of drug-likeness (QED) is 0.859. The third kappa shape index (κ3) is 1.92. The molecular weight excluding hydrogens is 214 g/mol. The summed E-state index contributed by atoms with van der Waals surface area (Å²) in [5, 5.41) is 8.40. The number of benzene rings is 1. The molecule has 0 atom stereocenters. The van der Waals surface area contributed by atoms with Gasteiger partial charge < -0.3 is 5.11 Å². The van der Waals surface area contributed by atoms with Crippen molar-refractivity contribution in [1.82, 2.24) is 0 Å². The predicted octanol–water partition coefficient (Wildman–Crippen LogP) is 2.44. The second kappa shape index (κ2) is 3.85. The molecule has 4 heteroatoms. The van der Waals surface area contributed by atoms with E-state index in [4.69, 9.17) is 5.11 Å². The number of halogens is 2. The van der Waals surface area contributed by atoms with Crippen LogP contribution in [0.25, 0.3) is 0 Å². The Morgan fingerprint density at radius 2 is 2.12 bits per heavy atom. The molecule has 0 aliphatic heterocycles. The fourth-order valence-corrected chi connectivity index (χ4v) is 2.18. The van der Waals surface area contributed by atoms with E-state index < -0.39 is 18.3 Å². The van der Waals surface area contributed by atoms with E-state index in [1.807, 2.05) is 6.07 Å². The number of alkyl halides is 2. The lowest BCUT2D eigenvalue weighted by molar-refractivity contribution is -0.164. The minimum Gasteiger partial charge on any atom is -0.477 e. The molecule has 0 saturated heterocycles. The number of hydrogen-bond donors (Lipinski definition) is 1. The van der Waals surface area contributed by atoms with Crippen LogP contribution in [0, 0.1) is 0 Å². The molecule has 1 N–H and O–H groups in total. The summed E-state index contributed by atoms with van der Waals surface area (Å²) in [5.74, 6) is -5.72. The van der Waals surface area contributed by atoms with E-state index in [0.717, 1.165) is 30.4 Å². The van der Waals surface area contributed by atoms with Gasteiger partial charge in [-0.1, -0.05) is 18.2 Å². The summed E-state index contributed by atoms with van der Waals surface area (Å²) >= 11 is 0. The van der Waals surface area contributed by atoms with Crippen LogP contribution < -0.4 is 0 Å². The van der Waals surface area contributed by atoms with Gasteiger partial charge in [0.25, 0.3) is 0 Å². The second-order valence-electron chi connectivity index (χ2n) is 4.09. The minimum atomic E-state index is -3.67. The number of hydrogen-bond acceptors (Lipinski definition) is 1. The molecule has 0 spiro atoms. The Morgan fingerprint density at radius 3 is 2.81 bits per heavy atom. The van der Waals surface area contributed by atoms with Gasteiger partial charge in [0.1, 0.15) is 0 Å². The molecule has 0 aromatic heterocycles. The number of carboxylic acids is 1. The molecular formula is C12H12F2O2. The number of carbonyl (C=O) groups is 1. The van der Waals surface area contributed by atoms with Crippen LogP contribution in [-0.4, -0.2) is 17.0 Å². The van der Waals surface area contributed by atoms with Gasteiger partial charge in [0, 0.05) is 6.42 Å². The van der Waals surface area contributed by atoms with Crippen molar-refractivity contribution in [3.63, 3.8) is 0 Å². The predicted molar refractivity (Wildman–Crippen MR) is 54.8 cm³/mol. The van der Waals surface area contributed by atoms with Gasteiger partial charge in [-0.2, -0.15) is 8.78 Å². The maximum atomic E-state index is 13.1. The highest BCUT2D eigenvalue weighted by atomic mass is 19.3. The minimum absolute atomic E-state index is 0.474. The first-order valence-corrected chi connectivity index (χ1v) is 5.21. The van der Waals surface area contributed by atoms with Crippen LogP contribution in [-0.2, 0) is 24.1 Å². The number of aliphatic carboxylic acids is 1. The number of carboxylic acid groups (broad SMARTS) is 1. The van der Waals surface area contributed by atoms with E-state index in [1.165, 1.54) is 0 Å². The number of rotatable bonds is 3. The molecule has 0 bridgehead atoms. The summed E-state index contributed by atoms with van der Waals surface area (Å²) in [6.07, 6.45) is 1.94. The summed E-state index contributed by atoms with van der Waals surface area (Å²) in [6, 6.07) is 5.24. The zero-order valence-electron chi connectivity index (χ0n) is 8.67. The van der Waals surface area contributed by atoms with E-state index >= 15 is 0 Å². The van der Waals surface area contributed by atoms with Crippen molar-refractivity contribution in [1.29, 1.82) is 0 Å². The maximum absolute atomic E-state index is 13.1. The molecule has 1 aliphatic rings. The van der Waals surface area contributed by atoms with Gasteiger partial charge in [-0.15, -0.1) is 0 Å². The summed E-state index contributed by atoms with van der Waals surface area (Å²) in [7, 11) is 0. The van der Waals surface area contributed by atoms with Gasteiger partial charge in [0.15, 0.2) is 0 Å².